The third kappa shape index (κ3) is 24.1. The van der Waals surface area contributed by atoms with E-state index in [-0.39, 0.29) is 47.6 Å². The topological polar surface area (TPSA) is 260 Å². The molecule has 4 aliphatic heterocycles. The maximum absolute atomic E-state index is 14.9. The fourth-order valence-electron chi connectivity index (χ4n) is 11.9. The van der Waals surface area contributed by atoms with E-state index in [1.165, 1.54) is 59.7 Å². The van der Waals surface area contributed by atoms with Gasteiger partial charge in [-0.3, -0.25) is 14.7 Å². The van der Waals surface area contributed by atoms with Crippen LogP contribution in [0.25, 0.3) is 56.1 Å². The molecule has 2 saturated heterocycles. The summed E-state index contributed by atoms with van der Waals surface area (Å²) < 4.78 is 77.7. The van der Waals surface area contributed by atoms with E-state index in [1.807, 2.05) is 190 Å². The van der Waals surface area contributed by atoms with E-state index >= 15 is 0 Å². The summed E-state index contributed by atoms with van der Waals surface area (Å²) in [6.45, 7) is 16.2. The predicted molar refractivity (Wildman–Crippen MR) is 500 cm³/mol. The second-order valence-corrected chi connectivity index (χ2v) is 36.0. The van der Waals surface area contributed by atoms with Gasteiger partial charge in [0.15, 0.2) is 0 Å². The highest BCUT2D eigenvalue weighted by Gasteiger charge is 2.53. The van der Waals surface area contributed by atoms with Crippen LogP contribution in [0.15, 0.2) is 281 Å². The first-order valence-electron chi connectivity index (χ1n) is 37.2. The molecule has 0 aliphatic carbocycles. The first kappa shape index (κ1) is 91.8. The van der Waals surface area contributed by atoms with Gasteiger partial charge in [-0.2, -0.15) is 25.5 Å². The summed E-state index contributed by atoms with van der Waals surface area (Å²) in [5.74, 6) is -0.846. The van der Waals surface area contributed by atoms with Gasteiger partial charge in [-0.1, -0.05) is 148 Å². The Morgan fingerprint density at radius 1 is 0.402 bits per heavy atom. The second kappa shape index (κ2) is 41.4. The number of amides is 2. The van der Waals surface area contributed by atoms with Gasteiger partial charge in [0, 0.05) is 63.6 Å². The summed E-state index contributed by atoms with van der Waals surface area (Å²) >= 11 is 30.0. The quantitative estimate of drug-likeness (QED) is 0.0689. The molecule has 622 valence electrons. The van der Waals surface area contributed by atoms with Crippen molar-refractivity contribution >= 4 is 180 Å². The molecule has 10 aromatic carbocycles. The lowest BCUT2D eigenvalue weighted by atomic mass is 9.78. The Kier molecular flexibility index (Phi) is 31.1. The molecule has 4 aliphatic rings. The Labute approximate surface area is 773 Å². The number of rotatable bonds is 9. The molecule has 0 saturated carbocycles. The molecule has 2 amide bonds. The fourth-order valence-corrected chi connectivity index (χ4v) is 14.3. The number of anilines is 2. The van der Waals surface area contributed by atoms with Crippen molar-refractivity contribution in [2.24, 2.45) is 0 Å². The molecule has 9 heterocycles. The van der Waals surface area contributed by atoms with Crippen molar-refractivity contribution in [2.75, 3.05) is 10.6 Å². The summed E-state index contributed by atoms with van der Waals surface area (Å²) in [5, 5.41) is 28.8. The Balaban J connectivity index is 0.000000133. The number of hydrogen-bond donors (Lipinski definition) is 3. The number of nitrogens with one attached hydrogen (secondary N) is 3. The summed E-state index contributed by atoms with van der Waals surface area (Å²) in [7, 11) is -0.835. The number of aromatic nitrogens is 15. The van der Waals surface area contributed by atoms with Crippen LogP contribution in [0.2, 0.25) is 10.0 Å². The van der Waals surface area contributed by atoms with Crippen LogP contribution in [-0.2, 0) is 41.0 Å². The maximum Gasteiger partial charge on any atom is 0.496 e. The van der Waals surface area contributed by atoms with Crippen molar-refractivity contribution in [3.63, 3.8) is 0 Å². The van der Waals surface area contributed by atoms with Crippen LogP contribution in [0.4, 0.5) is 24.5 Å². The SMILES string of the molecule is Brc1ccc(-n2cncn2)cc1.Brc1ccc(I)cc1.CC1(C)OB(c2cc3c(cc2Cl)NC(=O)C3)OC1(C)C.CC1(C)OB(c2ccc(-n3cncn3)cc2)OC1(C)C.Fc1cc(Br)ccc1-c1ccc(-n2cncn2)cc1.Fc1cc(Br)ccc1I.O=C1Cc2cc(-c3ccc(-c4ccc(-n5cncn5)cc4)c(F)c3)c(Cl)cc2N1.c1nc[nH]n1. The van der Waals surface area contributed by atoms with Crippen LogP contribution in [0, 0.1) is 24.6 Å². The largest absolute Gasteiger partial charge is 0.496 e. The molecule has 0 spiro atoms. The molecular weight excluding hydrogens is 2090 g/mol. The van der Waals surface area contributed by atoms with Crippen molar-refractivity contribution in [1.29, 1.82) is 0 Å². The van der Waals surface area contributed by atoms with E-state index < -0.39 is 18.3 Å². The van der Waals surface area contributed by atoms with Crippen molar-refractivity contribution in [1.82, 2.24) is 74.2 Å². The number of halogens is 11. The van der Waals surface area contributed by atoms with Gasteiger partial charge in [0.05, 0.1) is 63.0 Å². The van der Waals surface area contributed by atoms with Crippen LogP contribution in [0.1, 0.15) is 66.5 Å². The van der Waals surface area contributed by atoms with Crippen LogP contribution >= 0.6 is 132 Å². The first-order valence-corrected chi connectivity index (χ1v) is 43.3. The number of aromatic amines is 1. The molecule has 23 nitrogen and oxygen atoms in total. The van der Waals surface area contributed by atoms with E-state index in [1.54, 1.807) is 74.4 Å². The maximum atomic E-state index is 14.9. The summed E-state index contributed by atoms with van der Waals surface area (Å²) in [6, 6.07) is 61.2. The Bertz CT molecular complexity index is 5940. The van der Waals surface area contributed by atoms with Crippen molar-refractivity contribution in [2.45, 2.75) is 90.6 Å². The molecule has 122 heavy (non-hydrogen) atoms. The van der Waals surface area contributed by atoms with E-state index in [2.05, 4.69) is 192 Å². The number of H-pyrrole nitrogens is 1. The molecule has 36 heteroatoms. The highest BCUT2D eigenvalue weighted by Crippen LogP contribution is 2.41. The molecule has 0 radical (unpaired) electrons. The van der Waals surface area contributed by atoms with E-state index in [9.17, 15) is 22.8 Å². The Morgan fingerprint density at radius 2 is 0.779 bits per heavy atom. The minimum atomic E-state index is -0.506. The predicted octanol–water partition coefficient (Wildman–Crippen LogP) is 20.5. The summed E-state index contributed by atoms with van der Waals surface area (Å²) in [5.41, 5.74) is 11.4. The summed E-state index contributed by atoms with van der Waals surface area (Å²) in [4.78, 5) is 42.2. The average Bonchev–Trinajstić information content (AvgIpc) is 1.61. The van der Waals surface area contributed by atoms with Crippen molar-refractivity contribution in [3.05, 3.63) is 327 Å². The molecule has 0 bridgehead atoms. The monoisotopic (exact) mass is 2160 g/mol. The lowest BCUT2D eigenvalue weighted by molar-refractivity contribution is -0.115. The van der Waals surface area contributed by atoms with E-state index in [0.717, 1.165) is 79.5 Å². The van der Waals surface area contributed by atoms with Crippen LogP contribution < -0.4 is 21.6 Å². The van der Waals surface area contributed by atoms with Gasteiger partial charge >= 0.3 is 14.2 Å². The molecule has 15 aromatic rings. The average molecular weight is 2160 g/mol. The van der Waals surface area contributed by atoms with Crippen molar-refractivity contribution < 1.29 is 41.4 Å². The number of carbonyl (C=O) groups is 2. The zero-order valence-corrected chi connectivity index (χ0v) is 78.4. The smallest absolute Gasteiger partial charge is 0.399 e. The Morgan fingerprint density at radius 3 is 1.16 bits per heavy atom. The number of nitrogens with zero attached hydrogens (tertiary/aromatic N) is 14. The lowest BCUT2D eigenvalue weighted by Crippen LogP contribution is -2.41. The number of carbonyl (C=O) groups excluding carboxylic acids is 2. The highest BCUT2D eigenvalue weighted by atomic mass is 127. The highest BCUT2D eigenvalue weighted by molar-refractivity contribution is 14.1. The van der Waals surface area contributed by atoms with Gasteiger partial charge in [-0.05, 0) is 273 Å². The van der Waals surface area contributed by atoms with E-state index in [0.29, 0.717) is 54.4 Å². The number of fused-ring (bicyclic) bond motifs is 2. The van der Waals surface area contributed by atoms with E-state index in [4.69, 9.17) is 41.8 Å². The van der Waals surface area contributed by atoms with Crippen LogP contribution in [0.3, 0.4) is 0 Å². The zero-order valence-electron chi connectivity index (χ0n) is 66.3. The molecule has 2 fully saturated rings. The standard InChI is InChI=1S/C22H14ClFN4O.C14H17BClNO3.C14H18BN3O2.C14H9BrFN3.C8H6BrN3.C6H3BrFI.C6H4BrI.C2H3N3/c23-19-10-21-15(9-22(29)27-21)7-18(19)14-3-6-17(20(24)8-14)13-1-4-16(5-2-13)28-12-25-11-26-28;1-13(2)14(3,4)20-15(19-13)9-5-8-6-12(18)17-11(8)7-10(9)16;1-13(2)14(3,4)20-15(19-13)11-5-7-12(8-6-11)18-10-16-9-17-18;15-11-3-6-13(14(16)7-11)10-1-4-12(5-2-10)19-9-17-8-18-19;9-7-1-3-8(4-2-7)12-6-10-5-11-12;7-4-1-2-6(9)5(8)3-4;7-5-1-3-6(8)4-2-5;1-3-2-5-4-1/h1-8,10-12H,9H2,(H,27,29);5,7H,6H2,1-4H3,(H,17,18);5-10H,1-4H3;1-9H;1-6H;1-3H;1-4H;1-2H,(H,3,4,5). The minimum Gasteiger partial charge on any atom is -0.399 e. The third-order valence-electron chi connectivity index (χ3n) is 19.7. The second-order valence-electron chi connectivity index (χ2n) is 29.1. The molecule has 5 aromatic heterocycles. The minimum absolute atomic E-state index is 0.0119. The number of benzene rings is 10. The first-order chi connectivity index (χ1) is 58.2. The van der Waals surface area contributed by atoms with Gasteiger partial charge < -0.3 is 29.3 Å². The van der Waals surface area contributed by atoms with Crippen molar-refractivity contribution in [3.8, 4) is 56.1 Å². The normalized spacial score (nSPS) is 14.4. The lowest BCUT2D eigenvalue weighted by Gasteiger charge is -2.32. The van der Waals surface area contributed by atoms with Gasteiger partial charge in [0.1, 0.15) is 80.7 Å². The number of hydrogen-bond acceptors (Lipinski definition) is 16. The molecule has 0 unspecified atom stereocenters. The van der Waals surface area contributed by atoms with Gasteiger partial charge in [0.25, 0.3) is 0 Å². The third-order valence-corrected chi connectivity index (χ3v) is 24.0. The molecule has 0 atom stereocenters. The Hall–Kier alpha value is -9.44. The fraction of sp³-hybridized carbons (Fsp3) is 0.163. The molecule has 3 N–H and O–H groups in total. The van der Waals surface area contributed by atoms with Crippen LogP contribution in [0.5, 0.6) is 0 Å². The van der Waals surface area contributed by atoms with Crippen LogP contribution in [-0.4, -0.2) is 123 Å². The summed E-state index contributed by atoms with van der Waals surface area (Å²) in [6.07, 6.45) is 16.2. The van der Waals surface area contributed by atoms with Gasteiger partial charge in [-0.25, -0.2) is 56.8 Å². The van der Waals surface area contributed by atoms with Gasteiger partial charge in [-0.15, -0.1) is 0 Å². The molecular formula is C86H74B2Br4Cl2F3I2N17O6. The zero-order chi connectivity index (χ0) is 87.0. The molecule has 19 rings (SSSR count). The van der Waals surface area contributed by atoms with Gasteiger partial charge in [0.2, 0.25) is 11.8 Å².